The molecular weight excluding hydrogens is 911 g/mol. The molecule has 1 amide bonds. The maximum Gasteiger partial charge on any atom is 0.305 e. The Bertz CT molecular complexity index is 1200. The van der Waals surface area contributed by atoms with Gasteiger partial charge in [-0.2, -0.15) is 0 Å². The molecule has 0 aromatic heterocycles. The van der Waals surface area contributed by atoms with Crippen molar-refractivity contribution in [1.82, 2.24) is 5.32 Å². The van der Waals surface area contributed by atoms with Crippen molar-refractivity contribution in [3.8, 4) is 0 Å². The summed E-state index contributed by atoms with van der Waals surface area (Å²) >= 11 is 0. The summed E-state index contributed by atoms with van der Waals surface area (Å²) in [6.07, 6.45) is 80.6. The van der Waals surface area contributed by atoms with Crippen LogP contribution in [0.15, 0.2) is 36.5 Å². The van der Waals surface area contributed by atoms with E-state index in [4.69, 9.17) is 4.74 Å². The van der Waals surface area contributed by atoms with Crippen LogP contribution in [0.2, 0.25) is 0 Å². The molecule has 74 heavy (non-hydrogen) atoms. The van der Waals surface area contributed by atoms with E-state index in [9.17, 15) is 19.8 Å². The van der Waals surface area contributed by atoms with Crippen molar-refractivity contribution in [1.29, 1.82) is 0 Å². The van der Waals surface area contributed by atoms with Gasteiger partial charge in [-0.15, -0.1) is 0 Å². The number of aliphatic hydroxyl groups excluding tert-OH is 2. The van der Waals surface area contributed by atoms with E-state index >= 15 is 0 Å². The van der Waals surface area contributed by atoms with Gasteiger partial charge in [-0.1, -0.05) is 320 Å². The second kappa shape index (κ2) is 63.6. The van der Waals surface area contributed by atoms with E-state index in [1.54, 1.807) is 6.08 Å². The molecule has 0 heterocycles. The highest BCUT2D eigenvalue weighted by molar-refractivity contribution is 5.76. The van der Waals surface area contributed by atoms with Crippen molar-refractivity contribution in [2.24, 2.45) is 0 Å². The van der Waals surface area contributed by atoms with Gasteiger partial charge in [0.2, 0.25) is 5.91 Å². The number of hydrogen-bond acceptors (Lipinski definition) is 5. The molecule has 2 atom stereocenters. The quantitative estimate of drug-likeness (QED) is 0.0320. The SMILES string of the molecule is CCCCCCCCCCCCCCCCCCCCC/C=C/C(O)C(CO)NC(=O)CCCCCCCCCCC/C=C\C/C=C\CCCCCCCCCCCOC(=O)CCCCCCCCCCCCC. The smallest absolute Gasteiger partial charge is 0.305 e. The van der Waals surface area contributed by atoms with Crippen molar-refractivity contribution in [2.45, 2.75) is 373 Å². The van der Waals surface area contributed by atoms with Crippen LogP contribution in [0.1, 0.15) is 361 Å². The molecule has 0 aliphatic carbocycles. The van der Waals surface area contributed by atoms with E-state index in [1.807, 2.05) is 6.08 Å². The van der Waals surface area contributed by atoms with Gasteiger partial charge in [0.15, 0.2) is 0 Å². The minimum Gasteiger partial charge on any atom is -0.466 e. The maximum atomic E-state index is 12.5. The second-order valence-corrected chi connectivity index (χ2v) is 22.8. The van der Waals surface area contributed by atoms with Gasteiger partial charge in [-0.05, 0) is 64.2 Å². The fraction of sp³-hybridized carbons (Fsp3) is 0.882. The van der Waals surface area contributed by atoms with Gasteiger partial charge < -0.3 is 20.3 Å². The van der Waals surface area contributed by atoms with Crippen LogP contribution in [-0.4, -0.2) is 47.4 Å². The van der Waals surface area contributed by atoms with Gasteiger partial charge in [0.05, 0.1) is 25.4 Å². The zero-order valence-corrected chi connectivity index (χ0v) is 49.8. The van der Waals surface area contributed by atoms with Crippen molar-refractivity contribution >= 4 is 11.9 Å². The predicted molar refractivity (Wildman–Crippen MR) is 324 cm³/mol. The Hall–Kier alpha value is -1.92. The Labute approximate surface area is 462 Å². The number of ether oxygens (including phenoxy) is 1. The molecule has 6 nitrogen and oxygen atoms in total. The Morgan fingerprint density at radius 1 is 0.378 bits per heavy atom. The molecule has 0 saturated carbocycles. The lowest BCUT2D eigenvalue weighted by atomic mass is 10.0. The van der Waals surface area contributed by atoms with Gasteiger partial charge in [0, 0.05) is 12.8 Å². The summed E-state index contributed by atoms with van der Waals surface area (Å²) in [5.41, 5.74) is 0. The summed E-state index contributed by atoms with van der Waals surface area (Å²) in [5, 5.41) is 23.2. The van der Waals surface area contributed by atoms with Crippen LogP contribution in [0, 0.1) is 0 Å². The number of amides is 1. The molecule has 0 aliphatic rings. The van der Waals surface area contributed by atoms with Gasteiger partial charge in [-0.25, -0.2) is 0 Å². The minimum atomic E-state index is -0.850. The molecule has 0 aliphatic heterocycles. The fourth-order valence-electron chi connectivity index (χ4n) is 10.3. The third-order valence-corrected chi connectivity index (χ3v) is 15.4. The summed E-state index contributed by atoms with van der Waals surface area (Å²) in [6, 6.07) is -0.634. The molecule has 0 spiro atoms. The predicted octanol–water partition coefficient (Wildman–Crippen LogP) is 21.1. The monoisotopic (exact) mass is 1040 g/mol. The molecule has 0 aromatic carbocycles. The van der Waals surface area contributed by atoms with Crippen LogP contribution >= 0.6 is 0 Å². The first-order chi connectivity index (χ1) is 36.5. The molecule has 0 bridgehead atoms. The van der Waals surface area contributed by atoms with Crippen molar-refractivity contribution in [3.63, 3.8) is 0 Å². The number of nitrogens with one attached hydrogen (secondary N) is 1. The van der Waals surface area contributed by atoms with Crippen molar-refractivity contribution < 1.29 is 24.5 Å². The standard InChI is InChI=1S/C68H129NO5/c1-3-5-7-9-11-13-15-16-17-18-19-25-28-31-34-37-41-44-48-52-56-60-66(71)65(64-70)69-67(72)61-57-53-49-45-42-38-35-32-29-26-23-21-20-22-24-27-30-33-36-39-43-47-51-55-59-63-74-68(73)62-58-54-50-46-40-14-12-10-8-6-4-2/h21-24,56,60,65-66,70-71H,3-20,25-55,57-59,61-64H2,1-2H3,(H,69,72)/b23-21-,24-22-,60-56+. The lowest BCUT2D eigenvalue weighted by Crippen LogP contribution is -2.45. The fourth-order valence-corrected chi connectivity index (χ4v) is 10.3. The first-order valence-corrected chi connectivity index (χ1v) is 33.3. The van der Waals surface area contributed by atoms with E-state index in [0.717, 1.165) is 44.9 Å². The van der Waals surface area contributed by atoms with E-state index in [2.05, 4.69) is 43.5 Å². The number of esters is 1. The number of carbonyl (C=O) groups is 2. The summed E-state index contributed by atoms with van der Waals surface area (Å²) in [4.78, 5) is 24.5. The van der Waals surface area contributed by atoms with Crippen LogP contribution in [-0.2, 0) is 14.3 Å². The number of unbranched alkanes of at least 4 members (excludes halogenated alkanes) is 47. The van der Waals surface area contributed by atoms with Crippen LogP contribution in [0.25, 0.3) is 0 Å². The number of hydrogen-bond donors (Lipinski definition) is 3. The highest BCUT2D eigenvalue weighted by Gasteiger charge is 2.18. The van der Waals surface area contributed by atoms with E-state index in [0.29, 0.717) is 19.4 Å². The molecule has 0 saturated heterocycles. The Kier molecular flexibility index (Phi) is 62.0. The zero-order valence-electron chi connectivity index (χ0n) is 49.8. The number of allylic oxidation sites excluding steroid dienone is 5. The molecule has 6 heteroatoms. The van der Waals surface area contributed by atoms with Crippen molar-refractivity contribution in [3.05, 3.63) is 36.5 Å². The van der Waals surface area contributed by atoms with E-state index in [-0.39, 0.29) is 18.5 Å². The molecule has 0 rings (SSSR count). The van der Waals surface area contributed by atoms with Crippen LogP contribution in [0.3, 0.4) is 0 Å². The third-order valence-electron chi connectivity index (χ3n) is 15.4. The lowest BCUT2D eigenvalue weighted by Gasteiger charge is -2.20. The molecule has 3 N–H and O–H groups in total. The highest BCUT2D eigenvalue weighted by Crippen LogP contribution is 2.18. The van der Waals surface area contributed by atoms with Gasteiger partial charge in [0.1, 0.15) is 0 Å². The first kappa shape index (κ1) is 72.1. The molecule has 436 valence electrons. The van der Waals surface area contributed by atoms with Gasteiger partial charge in [0.25, 0.3) is 0 Å². The van der Waals surface area contributed by atoms with Crippen LogP contribution in [0.4, 0.5) is 0 Å². The number of carbonyl (C=O) groups excluding carboxylic acids is 2. The van der Waals surface area contributed by atoms with Gasteiger partial charge in [-0.3, -0.25) is 9.59 Å². The molecular formula is C68H129NO5. The minimum absolute atomic E-state index is 0.00847. The molecule has 2 unspecified atom stereocenters. The number of aliphatic hydroxyl groups is 2. The number of rotatable bonds is 62. The lowest BCUT2D eigenvalue weighted by molar-refractivity contribution is -0.143. The summed E-state index contributed by atoms with van der Waals surface area (Å²) in [6.45, 7) is 4.92. The highest BCUT2D eigenvalue weighted by atomic mass is 16.5. The summed E-state index contributed by atoms with van der Waals surface area (Å²) < 4.78 is 5.46. The topological polar surface area (TPSA) is 95.9 Å². The third kappa shape index (κ3) is 59.3. The molecule has 0 fully saturated rings. The van der Waals surface area contributed by atoms with Crippen molar-refractivity contribution in [2.75, 3.05) is 13.2 Å². The maximum absolute atomic E-state index is 12.5. The van der Waals surface area contributed by atoms with E-state index in [1.165, 1.54) is 289 Å². The normalized spacial score (nSPS) is 12.8. The Balaban J connectivity index is 3.47. The average Bonchev–Trinajstić information content (AvgIpc) is 3.40. The van der Waals surface area contributed by atoms with E-state index < -0.39 is 12.1 Å². The molecule has 0 aromatic rings. The summed E-state index contributed by atoms with van der Waals surface area (Å²) in [7, 11) is 0. The van der Waals surface area contributed by atoms with Crippen LogP contribution < -0.4 is 5.32 Å². The molecule has 0 radical (unpaired) electrons. The van der Waals surface area contributed by atoms with Crippen LogP contribution in [0.5, 0.6) is 0 Å². The largest absolute Gasteiger partial charge is 0.466 e. The zero-order chi connectivity index (χ0) is 53.6. The Morgan fingerprint density at radius 2 is 0.676 bits per heavy atom. The second-order valence-electron chi connectivity index (χ2n) is 22.8. The first-order valence-electron chi connectivity index (χ1n) is 33.3. The average molecular weight is 1040 g/mol. The summed E-state index contributed by atoms with van der Waals surface area (Å²) in [5.74, 6) is -0.0626. The van der Waals surface area contributed by atoms with Gasteiger partial charge >= 0.3 is 5.97 Å². The Morgan fingerprint density at radius 3 is 1.03 bits per heavy atom.